The van der Waals surface area contributed by atoms with Crippen molar-refractivity contribution >= 4 is 40.8 Å². The van der Waals surface area contributed by atoms with Crippen LogP contribution in [-0.4, -0.2) is 70.0 Å². The normalized spacial score (nSPS) is 13.8. The lowest BCUT2D eigenvalue weighted by Gasteiger charge is -2.34. The summed E-state index contributed by atoms with van der Waals surface area (Å²) in [5.74, 6) is -0.743. The van der Waals surface area contributed by atoms with E-state index in [0.29, 0.717) is 5.69 Å². The minimum absolute atomic E-state index is 0.0491. The molecule has 0 atom stereocenters. The van der Waals surface area contributed by atoms with E-state index in [4.69, 9.17) is 17.0 Å². The van der Waals surface area contributed by atoms with E-state index in [-0.39, 0.29) is 47.0 Å². The van der Waals surface area contributed by atoms with Crippen molar-refractivity contribution in [2.45, 2.75) is 32.2 Å². The number of aromatic nitrogens is 2. The molecule has 40 heavy (non-hydrogen) atoms. The zero-order chi connectivity index (χ0) is 28.6. The highest BCUT2D eigenvalue weighted by Crippen LogP contribution is 2.26. The van der Waals surface area contributed by atoms with E-state index >= 15 is 0 Å². The van der Waals surface area contributed by atoms with Gasteiger partial charge in [0.2, 0.25) is 11.8 Å². The quantitative estimate of drug-likeness (QED) is 0.363. The molecule has 10 nitrogen and oxygen atoms in total. The van der Waals surface area contributed by atoms with Crippen molar-refractivity contribution in [3.8, 4) is 11.6 Å². The van der Waals surface area contributed by atoms with Gasteiger partial charge >= 0.3 is 6.03 Å². The first-order valence-electron chi connectivity index (χ1n) is 12.8. The van der Waals surface area contributed by atoms with E-state index in [9.17, 15) is 14.0 Å². The summed E-state index contributed by atoms with van der Waals surface area (Å²) in [5.41, 5.74) is 2.23. The largest absolute Gasteiger partial charge is 0.436 e. The molecule has 0 radical (unpaired) electrons. The van der Waals surface area contributed by atoms with Crippen molar-refractivity contribution in [1.29, 1.82) is 0 Å². The maximum absolute atomic E-state index is 14.8. The molecule has 210 valence electrons. The Morgan fingerprint density at radius 2 is 1.88 bits per heavy atom. The molecule has 3 N–H and O–H groups in total. The van der Waals surface area contributed by atoms with Crippen molar-refractivity contribution in [2.75, 3.05) is 37.8 Å². The van der Waals surface area contributed by atoms with Gasteiger partial charge in [0.15, 0.2) is 16.7 Å². The number of likely N-dealkylation sites (tertiary alicyclic amines) is 1. The van der Waals surface area contributed by atoms with Gasteiger partial charge in [0.25, 0.3) is 0 Å². The van der Waals surface area contributed by atoms with Crippen LogP contribution in [0.3, 0.4) is 0 Å². The van der Waals surface area contributed by atoms with Crippen LogP contribution in [0.5, 0.6) is 11.6 Å². The molecule has 0 unspecified atom stereocenters. The molecule has 3 amide bonds. The van der Waals surface area contributed by atoms with Crippen molar-refractivity contribution in [3.63, 3.8) is 0 Å². The zero-order valence-corrected chi connectivity index (χ0v) is 23.4. The van der Waals surface area contributed by atoms with Gasteiger partial charge < -0.3 is 25.2 Å². The van der Waals surface area contributed by atoms with Gasteiger partial charge in [-0.1, -0.05) is 24.3 Å². The molecule has 0 aliphatic carbocycles. The van der Waals surface area contributed by atoms with E-state index in [1.165, 1.54) is 24.5 Å². The Bertz CT molecular complexity index is 1380. The monoisotopic (exact) mass is 565 g/mol. The Kier molecular flexibility index (Phi) is 9.56. The fraction of sp³-hybridized carbons (Fsp3) is 0.321. The van der Waals surface area contributed by atoms with Gasteiger partial charge in [-0.15, -0.1) is 0 Å². The summed E-state index contributed by atoms with van der Waals surface area (Å²) < 4.78 is 20.4. The Balaban J connectivity index is 1.31. The lowest BCUT2D eigenvalue weighted by Crippen LogP contribution is -2.46. The number of rotatable bonds is 7. The Hall–Kier alpha value is -4.16. The van der Waals surface area contributed by atoms with Crippen molar-refractivity contribution in [2.24, 2.45) is 0 Å². The summed E-state index contributed by atoms with van der Waals surface area (Å²) in [7, 11) is 3.82. The first-order chi connectivity index (χ1) is 19.2. The number of aryl methyl sites for hydroxylation is 1. The number of piperidine rings is 1. The zero-order valence-electron chi connectivity index (χ0n) is 22.6. The van der Waals surface area contributed by atoms with E-state index < -0.39 is 5.82 Å². The highest BCUT2D eigenvalue weighted by Gasteiger charge is 2.24. The van der Waals surface area contributed by atoms with Gasteiger partial charge in [0, 0.05) is 30.9 Å². The van der Waals surface area contributed by atoms with Crippen LogP contribution in [0, 0.1) is 12.7 Å². The van der Waals surface area contributed by atoms with Crippen molar-refractivity contribution in [3.05, 3.63) is 71.8 Å². The number of anilines is 2. The van der Waals surface area contributed by atoms with Gasteiger partial charge in [-0.3, -0.25) is 10.1 Å². The summed E-state index contributed by atoms with van der Waals surface area (Å²) in [6.45, 7) is 3.80. The maximum atomic E-state index is 14.8. The standard InChI is InChI=1S/C28H32FN7O3S/c1-18-6-4-5-7-19(18)14-25(37)34-27(40)32-20-8-9-23(22(29)15-20)39-26-16-24(30-17-31-26)33-28(38)36(3)21-10-12-35(2)13-11-21/h4-9,15-17,21H,10-14H2,1-3H3,(H,30,31,33,38)(H2,32,34,37,40). The predicted octanol–water partition coefficient (Wildman–Crippen LogP) is 4.33. The van der Waals surface area contributed by atoms with Crippen LogP contribution in [0.25, 0.3) is 0 Å². The van der Waals surface area contributed by atoms with Crippen LogP contribution in [0.1, 0.15) is 24.0 Å². The van der Waals surface area contributed by atoms with Crippen LogP contribution < -0.4 is 20.7 Å². The molecule has 0 saturated carbocycles. The highest BCUT2D eigenvalue weighted by atomic mass is 32.1. The number of thiocarbonyl (C=S) groups is 1. The molecule has 1 fully saturated rings. The summed E-state index contributed by atoms with van der Waals surface area (Å²) in [5, 5.41) is 8.19. The van der Waals surface area contributed by atoms with Gasteiger partial charge in [-0.2, -0.15) is 0 Å². The molecule has 4 rings (SSSR count). The molecule has 1 saturated heterocycles. The topological polar surface area (TPSA) is 112 Å². The van der Waals surface area contributed by atoms with Crippen molar-refractivity contribution in [1.82, 2.24) is 25.1 Å². The van der Waals surface area contributed by atoms with Crippen LogP contribution in [0.4, 0.5) is 20.7 Å². The number of nitrogens with one attached hydrogen (secondary N) is 3. The lowest BCUT2D eigenvalue weighted by molar-refractivity contribution is -0.119. The lowest BCUT2D eigenvalue weighted by atomic mass is 10.0. The number of carbonyl (C=O) groups is 2. The molecule has 12 heteroatoms. The van der Waals surface area contributed by atoms with Gasteiger partial charge in [0.05, 0.1) is 6.42 Å². The van der Waals surface area contributed by atoms with Crippen LogP contribution in [0.15, 0.2) is 54.9 Å². The number of nitrogens with zero attached hydrogens (tertiary/aromatic N) is 4. The average molecular weight is 566 g/mol. The number of halogens is 1. The number of hydrogen-bond donors (Lipinski definition) is 3. The number of hydrogen-bond acceptors (Lipinski definition) is 7. The van der Waals surface area contributed by atoms with Crippen LogP contribution in [0.2, 0.25) is 0 Å². The van der Waals surface area contributed by atoms with E-state index in [2.05, 4.69) is 37.9 Å². The number of amides is 3. The molecule has 0 bridgehead atoms. The second-order valence-corrected chi connectivity index (χ2v) is 10.1. The Morgan fingerprint density at radius 3 is 2.60 bits per heavy atom. The third-order valence-electron chi connectivity index (χ3n) is 6.70. The first kappa shape index (κ1) is 28.8. The summed E-state index contributed by atoms with van der Waals surface area (Å²) >= 11 is 5.20. The third kappa shape index (κ3) is 7.93. The molecule has 0 spiro atoms. The van der Waals surface area contributed by atoms with Gasteiger partial charge in [-0.25, -0.2) is 19.2 Å². The molecule has 1 aliphatic rings. The second-order valence-electron chi connectivity index (χ2n) is 9.67. The molecule has 2 heterocycles. The highest BCUT2D eigenvalue weighted by molar-refractivity contribution is 7.80. The SMILES string of the molecule is Cc1ccccc1CC(=O)NC(=S)Nc1ccc(Oc2cc(NC(=O)N(C)C3CCN(C)CC3)ncn2)c(F)c1. The summed E-state index contributed by atoms with van der Waals surface area (Å²) in [6, 6.07) is 13.0. The fourth-order valence-corrected chi connectivity index (χ4v) is 4.53. The third-order valence-corrected chi connectivity index (χ3v) is 6.91. The van der Waals surface area contributed by atoms with Crippen LogP contribution >= 0.6 is 12.2 Å². The number of carbonyl (C=O) groups excluding carboxylic acids is 2. The van der Waals surface area contributed by atoms with Gasteiger partial charge in [-0.05, 0) is 75.4 Å². The first-order valence-corrected chi connectivity index (χ1v) is 13.3. The molecule has 2 aromatic carbocycles. The molecule has 1 aromatic heterocycles. The smallest absolute Gasteiger partial charge is 0.323 e. The summed E-state index contributed by atoms with van der Waals surface area (Å²) in [4.78, 5) is 37.1. The maximum Gasteiger partial charge on any atom is 0.323 e. The Morgan fingerprint density at radius 1 is 1.12 bits per heavy atom. The van der Waals surface area contributed by atoms with Crippen molar-refractivity contribution < 1.29 is 18.7 Å². The fourth-order valence-electron chi connectivity index (χ4n) is 4.30. The Labute approximate surface area is 237 Å². The number of ether oxygens (including phenoxy) is 1. The number of urea groups is 1. The van der Waals surface area contributed by atoms with E-state index in [1.807, 2.05) is 31.2 Å². The number of benzene rings is 2. The van der Waals surface area contributed by atoms with Crippen LogP contribution in [-0.2, 0) is 11.2 Å². The molecule has 1 aliphatic heterocycles. The minimum atomic E-state index is -0.676. The predicted molar refractivity (Wildman–Crippen MR) is 155 cm³/mol. The van der Waals surface area contributed by atoms with E-state index in [1.54, 1.807) is 18.0 Å². The second kappa shape index (κ2) is 13.3. The van der Waals surface area contributed by atoms with Gasteiger partial charge in [0.1, 0.15) is 12.1 Å². The molecular formula is C28H32FN7O3S. The molecular weight excluding hydrogens is 533 g/mol. The summed E-state index contributed by atoms with van der Waals surface area (Å²) in [6.07, 6.45) is 3.19. The minimum Gasteiger partial charge on any atom is -0.436 e. The van der Waals surface area contributed by atoms with E-state index in [0.717, 1.165) is 37.1 Å². The average Bonchev–Trinajstić information content (AvgIpc) is 2.91. The molecule has 3 aromatic rings.